The molecule has 0 spiro atoms. The Hall–Kier alpha value is -1.05. The van der Waals surface area contributed by atoms with Gasteiger partial charge in [0, 0.05) is 19.1 Å². The van der Waals surface area contributed by atoms with Gasteiger partial charge in [0.05, 0.1) is 6.04 Å². The summed E-state index contributed by atoms with van der Waals surface area (Å²) < 4.78 is 27.5. The fraction of sp³-hybridized carbons (Fsp3) is 0.533. The number of benzene rings is 1. The van der Waals surface area contributed by atoms with Gasteiger partial charge in [0.1, 0.15) is 17.3 Å². The number of rotatable bonds is 6. The molecule has 0 saturated carbocycles. The Morgan fingerprint density at radius 1 is 1.48 bits per heavy atom. The number of nitrogens with one attached hydrogen (secondary N) is 1. The molecule has 1 aliphatic rings. The monoisotopic (exact) mass is 365 g/mol. The second-order valence-corrected chi connectivity index (χ2v) is 6.38. The van der Waals surface area contributed by atoms with Crippen molar-refractivity contribution < 1.29 is 13.6 Å². The molecule has 1 heterocycles. The van der Waals surface area contributed by atoms with Gasteiger partial charge >= 0.3 is 0 Å². The molecular formula is C15H22ClF2N3OS. The minimum absolute atomic E-state index is 0. The molecule has 1 fully saturated rings. The fourth-order valence-corrected chi connectivity index (χ4v) is 3.05. The highest BCUT2D eigenvalue weighted by Gasteiger charge is 2.28. The molecule has 0 aliphatic carbocycles. The maximum Gasteiger partial charge on any atom is 0.237 e. The molecule has 0 aromatic heterocycles. The molecule has 1 unspecified atom stereocenters. The van der Waals surface area contributed by atoms with Crippen LogP contribution in [0.5, 0.6) is 0 Å². The standard InChI is InChI=1S/C15H21F2N3OS.ClH/c1-22-8-6-13(18)15(21)19-10-5-7-20(9-10)14-11(16)3-2-4-12(14)17;/h2-4,10,13H,5-9,18H2,1H3,(H,19,21);1H/t10?,13-;/m0./s1. The van der Waals surface area contributed by atoms with Crippen molar-refractivity contribution in [2.24, 2.45) is 5.73 Å². The summed E-state index contributed by atoms with van der Waals surface area (Å²) in [5, 5.41) is 2.87. The maximum absolute atomic E-state index is 13.8. The molecule has 23 heavy (non-hydrogen) atoms. The zero-order chi connectivity index (χ0) is 16.1. The molecular weight excluding hydrogens is 344 g/mol. The summed E-state index contributed by atoms with van der Waals surface area (Å²) >= 11 is 1.64. The van der Waals surface area contributed by atoms with Gasteiger partial charge in [-0.25, -0.2) is 8.78 Å². The number of anilines is 1. The molecule has 1 aliphatic heterocycles. The van der Waals surface area contributed by atoms with E-state index in [1.165, 1.54) is 18.2 Å². The highest BCUT2D eigenvalue weighted by Crippen LogP contribution is 2.26. The minimum atomic E-state index is -0.580. The highest BCUT2D eigenvalue weighted by atomic mass is 35.5. The lowest BCUT2D eigenvalue weighted by Crippen LogP contribution is -2.46. The molecule has 0 radical (unpaired) electrons. The molecule has 4 nitrogen and oxygen atoms in total. The first-order chi connectivity index (χ1) is 10.5. The van der Waals surface area contributed by atoms with Crippen LogP contribution < -0.4 is 16.0 Å². The Morgan fingerprint density at radius 3 is 2.74 bits per heavy atom. The van der Waals surface area contributed by atoms with Gasteiger partial charge in [0.15, 0.2) is 0 Å². The van der Waals surface area contributed by atoms with E-state index in [2.05, 4.69) is 5.32 Å². The number of thioether (sulfide) groups is 1. The van der Waals surface area contributed by atoms with Crippen molar-refractivity contribution in [1.29, 1.82) is 0 Å². The van der Waals surface area contributed by atoms with Crippen LogP contribution in [0, 0.1) is 11.6 Å². The topological polar surface area (TPSA) is 58.4 Å². The number of carbonyl (C=O) groups excluding carboxylic acids is 1. The number of carbonyl (C=O) groups is 1. The number of halogens is 3. The number of nitrogens with two attached hydrogens (primary N) is 1. The van der Waals surface area contributed by atoms with Crippen LogP contribution in [-0.2, 0) is 4.79 Å². The van der Waals surface area contributed by atoms with Gasteiger partial charge in [0.2, 0.25) is 5.91 Å². The molecule has 1 aromatic carbocycles. The van der Waals surface area contributed by atoms with Crippen molar-refractivity contribution in [2.45, 2.75) is 24.9 Å². The molecule has 2 atom stereocenters. The van der Waals surface area contributed by atoms with E-state index in [0.29, 0.717) is 25.9 Å². The molecule has 8 heteroatoms. The minimum Gasteiger partial charge on any atom is -0.365 e. The predicted octanol–water partition coefficient (Wildman–Crippen LogP) is 2.16. The summed E-state index contributed by atoms with van der Waals surface area (Å²) in [6, 6.07) is 3.15. The van der Waals surface area contributed by atoms with Gasteiger partial charge in [-0.2, -0.15) is 11.8 Å². The summed E-state index contributed by atoms with van der Waals surface area (Å²) in [6.07, 6.45) is 3.22. The third-order valence-corrected chi connectivity index (χ3v) is 4.40. The lowest BCUT2D eigenvalue weighted by molar-refractivity contribution is -0.122. The highest BCUT2D eigenvalue weighted by molar-refractivity contribution is 7.98. The Morgan fingerprint density at radius 2 is 2.13 bits per heavy atom. The van der Waals surface area contributed by atoms with E-state index in [1.807, 2.05) is 6.26 Å². The largest absolute Gasteiger partial charge is 0.365 e. The number of hydrogen-bond donors (Lipinski definition) is 2. The normalized spacial score (nSPS) is 18.4. The summed E-state index contributed by atoms with van der Waals surface area (Å²) in [7, 11) is 0. The van der Waals surface area contributed by atoms with Crippen LogP contribution in [0.4, 0.5) is 14.5 Å². The SMILES string of the molecule is CSCC[C@H](N)C(=O)NC1CCN(c2c(F)cccc2F)C1.Cl. The van der Waals surface area contributed by atoms with Crippen molar-refractivity contribution in [3.05, 3.63) is 29.8 Å². The van der Waals surface area contributed by atoms with E-state index < -0.39 is 17.7 Å². The van der Waals surface area contributed by atoms with Crippen molar-refractivity contribution >= 4 is 35.8 Å². The summed E-state index contributed by atoms with van der Waals surface area (Å²) in [6.45, 7) is 0.891. The zero-order valence-corrected chi connectivity index (χ0v) is 14.6. The van der Waals surface area contributed by atoms with E-state index in [-0.39, 0.29) is 30.0 Å². The van der Waals surface area contributed by atoms with Crippen molar-refractivity contribution in [1.82, 2.24) is 5.32 Å². The average Bonchev–Trinajstić information content (AvgIpc) is 2.92. The molecule has 1 aromatic rings. The Labute approximate surface area is 145 Å². The van der Waals surface area contributed by atoms with Crippen LogP contribution in [0.3, 0.4) is 0 Å². The first-order valence-electron chi connectivity index (χ1n) is 7.26. The number of hydrogen-bond acceptors (Lipinski definition) is 4. The van der Waals surface area contributed by atoms with Gasteiger partial charge in [-0.1, -0.05) is 6.07 Å². The van der Waals surface area contributed by atoms with E-state index in [0.717, 1.165) is 5.75 Å². The Kier molecular flexibility index (Phi) is 8.08. The third-order valence-electron chi connectivity index (χ3n) is 3.76. The van der Waals surface area contributed by atoms with Crippen molar-refractivity contribution in [3.63, 3.8) is 0 Å². The Bertz CT molecular complexity index is 515. The quantitative estimate of drug-likeness (QED) is 0.811. The smallest absolute Gasteiger partial charge is 0.237 e. The lowest BCUT2D eigenvalue weighted by atomic mass is 10.2. The van der Waals surface area contributed by atoms with Crippen LogP contribution in [0.25, 0.3) is 0 Å². The molecule has 3 N–H and O–H groups in total. The zero-order valence-electron chi connectivity index (χ0n) is 12.9. The van der Waals surface area contributed by atoms with Gasteiger partial charge in [-0.15, -0.1) is 12.4 Å². The summed E-state index contributed by atoms with van der Waals surface area (Å²) in [4.78, 5) is 13.6. The third kappa shape index (κ3) is 5.22. The predicted molar refractivity (Wildman–Crippen MR) is 93.3 cm³/mol. The van der Waals surface area contributed by atoms with Crippen LogP contribution >= 0.6 is 24.2 Å². The van der Waals surface area contributed by atoms with Gasteiger partial charge in [-0.05, 0) is 37.0 Å². The van der Waals surface area contributed by atoms with Crippen LogP contribution in [0.1, 0.15) is 12.8 Å². The number of amides is 1. The maximum atomic E-state index is 13.8. The lowest BCUT2D eigenvalue weighted by Gasteiger charge is -2.21. The molecule has 1 saturated heterocycles. The van der Waals surface area contributed by atoms with E-state index in [1.54, 1.807) is 16.7 Å². The van der Waals surface area contributed by atoms with Crippen LogP contribution in [0.15, 0.2) is 18.2 Å². The van der Waals surface area contributed by atoms with E-state index in [9.17, 15) is 13.6 Å². The second kappa shape index (κ2) is 9.30. The van der Waals surface area contributed by atoms with Crippen molar-refractivity contribution in [2.75, 3.05) is 30.0 Å². The fourth-order valence-electron chi connectivity index (χ4n) is 2.56. The van der Waals surface area contributed by atoms with Gasteiger partial charge in [0.25, 0.3) is 0 Å². The second-order valence-electron chi connectivity index (χ2n) is 5.40. The first-order valence-corrected chi connectivity index (χ1v) is 8.66. The first kappa shape index (κ1) is 20.0. The average molecular weight is 366 g/mol. The summed E-state index contributed by atoms with van der Waals surface area (Å²) in [5.74, 6) is -0.534. The van der Waals surface area contributed by atoms with Crippen LogP contribution in [0.2, 0.25) is 0 Å². The van der Waals surface area contributed by atoms with E-state index >= 15 is 0 Å². The van der Waals surface area contributed by atoms with Gasteiger partial charge < -0.3 is 16.0 Å². The molecule has 2 rings (SSSR count). The molecule has 0 bridgehead atoms. The number of nitrogens with zero attached hydrogens (tertiary/aromatic N) is 1. The molecule has 1 amide bonds. The number of para-hydroxylation sites is 1. The summed E-state index contributed by atoms with van der Waals surface area (Å²) in [5.41, 5.74) is 5.79. The van der Waals surface area contributed by atoms with Gasteiger partial charge in [-0.3, -0.25) is 4.79 Å². The van der Waals surface area contributed by atoms with Crippen LogP contribution in [-0.4, -0.2) is 43.1 Å². The Balaban J connectivity index is 0.00000264. The van der Waals surface area contributed by atoms with Crippen molar-refractivity contribution in [3.8, 4) is 0 Å². The molecule has 130 valence electrons. The van der Waals surface area contributed by atoms with E-state index in [4.69, 9.17) is 5.73 Å².